The monoisotopic (exact) mass is 130 g/mol. The molecule has 0 bridgehead atoms. The number of allylic oxidation sites excluding steroid dienone is 1. The SMILES string of the molecule is CC=C(CO)OCCC. The summed E-state index contributed by atoms with van der Waals surface area (Å²) >= 11 is 0. The summed E-state index contributed by atoms with van der Waals surface area (Å²) in [7, 11) is 0. The lowest BCUT2D eigenvalue weighted by molar-refractivity contribution is 0.161. The van der Waals surface area contributed by atoms with Crippen molar-refractivity contribution < 1.29 is 9.84 Å². The van der Waals surface area contributed by atoms with Gasteiger partial charge in [0.15, 0.2) is 0 Å². The van der Waals surface area contributed by atoms with Crippen LogP contribution in [0.15, 0.2) is 11.8 Å². The van der Waals surface area contributed by atoms with E-state index in [4.69, 9.17) is 9.84 Å². The second-order valence-electron chi connectivity index (χ2n) is 1.76. The highest BCUT2D eigenvalue weighted by molar-refractivity contribution is 4.89. The first-order chi connectivity index (χ1) is 4.35. The van der Waals surface area contributed by atoms with Gasteiger partial charge in [-0.3, -0.25) is 0 Å². The van der Waals surface area contributed by atoms with Gasteiger partial charge < -0.3 is 9.84 Å². The summed E-state index contributed by atoms with van der Waals surface area (Å²) in [5.41, 5.74) is 0. The van der Waals surface area contributed by atoms with Crippen LogP contribution in [0.4, 0.5) is 0 Å². The maximum Gasteiger partial charge on any atom is 0.117 e. The Morgan fingerprint density at radius 1 is 1.67 bits per heavy atom. The van der Waals surface area contributed by atoms with Crippen LogP contribution >= 0.6 is 0 Å². The molecule has 0 atom stereocenters. The summed E-state index contributed by atoms with van der Waals surface area (Å²) in [6.07, 6.45) is 2.76. The van der Waals surface area contributed by atoms with E-state index in [1.807, 2.05) is 13.8 Å². The lowest BCUT2D eigenvalue weighted by Crippen LogP contribution is -1.97. The predicted octanol–water partition coefficient (Wildman–Crippen LogP) is 1.31. The smallest absolute Gasteiger partial charge is 0.117 e. The maximum absolute atomic E-state index is 8.56. The van der Waals surface area contributed by atoms with Gasteiger partial charge in [0.05, 0.1) is 6.61 Å². The van der Waals surface area contributed by atoms with Gasteiger partial charge in [0.2, 0.25) is 0 Å². The fourth-order valence-corrected chi connectivity index (χ4v) is 0.453. The Morgan fingerprint density at radius 2 is 2.33 bits per heavy atom. The van der Waals surface area contributed by atoms with Gasteiger partial charge in [-0.15, -0.1) is 0 Å². The zero-order valence-corrected chi connectivity index (χ0v) is 6.05. The minimum atomic E-state index is 0.0104. The molecule has 0 aliphatic rings. The Hall–Kier alpha value is -0.500. The van der Waals surface area contributed by atoms with E-state index in [1.54, 1.807) is 6.08 Å². The first kappa shape index (κ1) is 8.50. The molecule has 0 rings (SSSR count). The highest BCUT2D eigenvalue weighted by Gasteiger charge is 1.89. The van der Waals surface area contributed by atoms with E-state index >= 15 is 0 Å². The molecule has 0 heterocycles. The van der Waals surface area contributed by atoms with Gasteiger partial charge >= 0.3 is 0 Å². The van der Waals surface area contributed by atoms with Gasteiger partial charge in [0.25, 0.3) is 0 Å². The molecule has 1 N–H and O–H groups in total. The Bertz CT molecular complexity index is 86.9. The first-order valence-corrected chi connectivity index (χ1v) is 3.24. The molecule has 2 nitrogen and oxygen atoms in total. The summed E-state index contributed by atoms with van der Waals surface area (Å²) in [5.74, 6) is 0.664. The van der Waals surface area contributed by atoms with Crippen molar-refractivity contribution in [1.29, 1.82) is 0 Å². The molecule has 0 aromatic rings. The van der Waals surface area contributed by atoms with Crippen molar-refractivity contribution in [2.24, 2.45) is 0 Å². The molecule has 0 amide bonds. The molecule has 9 heavy (non-hydrogen) atoms. The quantitative estimate of drug-likeness (QED) is 0.581. The zero-order chi connectivity index (χ0) is 7.11. The lowest BCUT2D eigenvalue weighted by Gasteiger charge is -2.04. The van der Waals surface area contributed by atoms with Crippen LogP contribution in [0.25, 0.3) is 0 Å². The minimum Gasteiger partial charge on any atom is -0.496 e. The minimum absolute atomic E-state index is 0.0104. The van der Waals surface area contributed by atoms with Crippen LogP contribution in [-0.4, -0.2) is 18.3 Å². The molecule has 0 saturated carbocycles. The Labute approximate surface area is 56.1 Å². The predicted molar refractivity (Wildman–Crippen MR) is 37.1 cm³/mol. The molecule has 0 aliphatic heterocycles. The van der Waals surface area contributed by atoms with Crippen molar-refractivity contribution in [2.45, 2.75) is 20.3 Å². The third-order valence-corrected chi connectivity index (χ3v) is 0.969. The van der Waals surface area contributed by atoms with Crippen LogP contribution < -0.4 is 0 Å². The van der Waals surface area contributed by atoms with Gasteiger partial charge in [-0.2, -0.15) is 0 Å². The van der Waals surface area contributed by atoms with Crippen LogP contribution in [0.1, 0.15) is 20.3 Å². The summed E-state index contributed by atoms with van der Waals surface area (Å²) in [6.45, 7) is 4.59. The van der Waals surface area contributed by atoms with Crippen molar-refractivity contribution in [1.82, 2.24) is 0 Å². The third-order valence-electron chi connectivity index (χ3n) is 0.969. The van der Waals surface area contributed by atoms with Crippen molar-refractivity contribution >= 4 is 0 Å². The Morgan fingerprint density at radius 3 is 2.67 bits per heavy atom. The molecular weight excluding hydrogens is 116 g/mol. The third kappa shape index (κ3) is 4.03. The van der Waals surface area contributed by atoms with Crippen LogP contribution in [0.3, 0.4) is 0 Å². The fraction of sp³-hybridized carbons (Fsp3) is 0.714. The van der Waals surface area contributed by atoms with E-state index in [1.165, 1.54) is 0 Å². The highest BCUT2D eigenvalue weighted by Crippen LogP contribution is 1.95. The second kappa shape index (κ2) is 5.63. The highest BCUT2D eigenvalue weighted by atomic mass is 16.5. The van der Waals surface area contributed by atoms with Gasteiger partial charge in [-0.05, 0) is 19.4 Å². The van der Waals surface area contributed by atoms with Crippen LogP contribution in [0.2, 0.25) is 0 Å². The van der Waals surface area contributed by atoms with Crippen LogP contribution in [0.5, 0.6) is 0 Å². The first-order valence-electron chi connectivity index (χ1n) is 3.24. The topological polar surface area (TPSA) is 29.5 Å². The van der Waals surface area contributed by atoms with E-state index in [2.05, 4.69) is 0 Å². The van der Waals surface area contributed by atoms with Crippen molar-refractivity contribution in [3.63, 3.8) is 0 Å². The average molecular weight is 130 g/mol. The standard InChI is InChI=1S/C7H14O2/c1-3-5-9-7(4-2)6-8/h4,8H,3,5-6H2,1-2H3. The van der Waals surface area contributed by atoms with Crippen LogP contribution in [-0.2, 0) is 4.74 Å². The molecule has 54 valence electrons. The molecule has 0 radical (unpaired) electrons. The summed E-state index contributed by atoms with van der Waals surface area (Å²) in [5, 5.41) is 8.56. The number of hydrogen-bond donors (Lipinski definition) is 1. The number of aliphatic hydroxyl groups is 1. The number of rotatable bonds is 4. The second-order valence-corrected chi connectivity index (χ2v) is 1.76. The van der Waals surface area contributed by atoms with Crippen molar-refractivity contribution in [2.75, 3.05) is 13.2 Å². The maximum atomic E-state index is 8.56. The lowest BCUT2D eigenvalue weighted by atomic mass is 10.5. The van der Waals surface area contributed by atoms with Gasteiger partial charge in [0, 0.05) is 0 Å². The molecule has 0 unspecified atom stereocenters. The summed E-state index contributed by atoms with van der Waals surface area (Å²) in [4.78, 5) is 0. The molecule has 0 aromatic carbocycles. The normalized spacial score (nSPS) is 11.7. The van der Waals surface area contributed by atoms with E-state index in [9.17, 15) is 0 Å². The molecule has 0 fully saturated rings. The van der Waals surface area contributed by atoms with Gasteiger partial charge in [0.1, 0.15) is 12.4 Å². The van der Waals surface area contributed by atoms with Crippen LogP contribution in [0, 0.1) is 0 Å². The molecule has 0 spiro atoms. The molecule has 0 saturated heterocycles. The van der Waals surface area contributed by atoms with E-state index in [0.29, 0.717) is 12.4 Å². The molecule has 0 aliphatic carbocycles. The summed E-state index contributed by atoms with van der Waals surface area (Å²) < 4.78 is 5.10. The largest absolute Gasteiger partial charge is 0.496 e. The van der Waals surface area contributed by atoms with Crippen molar-refractivity contribution in [3.8, 4) is 0 Å². The fourth-order valence-electron chi connectivity index (χ4n) is 0.453. The van der Waals surface area contributed by atoms with E-state index < -0.39 is 0 Å². The van der Waals surface area contributed by atoms with E-state index in [-0.39, 0.29) is 6.61 Å². The molecular formula is C7H14O2. The van der Waals surface area contributed by atoms with Gasteiger partial charge in [-0.25, -0.2) is 0 Å². The van der Waals surface area contributed by atoms with Gasteiger partial charge in [-0.1, -0.05) is 6.92 Å². The Balaban J connectivity index is 3.33. The zero-order valence-electron chi connectivity index (χ0n) is 6.05. The average Bonchev–Trinajstić information content (AvgIpc) is 1.91. The number of hydrogen-bond acceptors (Lipinski definition) is 2. The molecule has 0 aromatic heterocycles. The number of aliphatic hydroxyl groups excluding tert-OH is 1. The summed E-state index contributed by atoms with van der Waals surface area (Å²) in [6, 6.07) is 0. The Kier molecular flexibility index (Phi) is 5.32. The van der Waals surface area contributed by atoms with Crippen molar-refractivity contribution in [3.05, 3.63) is 11.8 Å². The molecule has 2 heteroatoms. The number of ether oxygens (including phenoxy) is 1. The van der Waals surface area contributed by atoms with E-state index in [0.717, 1.165) is 6.42 Å².